The standard InChI is InChI=1S/C13H23N3O/c1-5-7-14-12-8-13(17-9-10(3)4)16-11(6-2)15-12/h8,10H,5-7,9H2,1-4H3,(H,14,15,16). The Hall–Kier alpha value is -1.32. The molecule has 0 aromatic carbocycles. The molecule has 1 aromatic heterocycles. The molecular weight excluding hydrogens is 214 g/mol. The third-order valence-corrected chi connectivity index (χ3v) is 2.19. The topological polar surface area (TPSA) is 47.0 Å². The van der Waals surface area contributed by atoms with Crippen molar-refractivity contribution in [2.75, 3.05) is 18.5 Å². The lowest BCUT2D eigenvalue weighted by atomic mass is 10.2. The van der Waals surface area contributed by atoms with Crippen LogP contribution in [-0.2, 0) is 6.42 Å². The van der Waals surface area contributed by atoms with E-state index in [1.165, 1.54) is 0 Å². The molecule has 0 aliphatic heterocycles. The first-order valence-electron chi connectivity index (χ1n) is 6.40. The largest absolute Gasteiger partial charge is 0.477 e. The summed E-state index contributed by atoms with van der Waals surface area (Å²) >= 11 is 0. The van der Waals surface area contributed by atoms with Crippen molar-refractivity contribution in [2.45, 2.75) is 40.5 Å². The summed E-state index contributed by atoms with van der Waals surface area (Å²) in [5.74, 6) is 2.86. The molecule has 1 N–H and O–H groups in total. The first-order chi connectivity index (χ1) is 8.15. The third kappa shape index (κ3) is 5.02. The molecule has 0 saturated heterocycles. The van der Waals surface area contributed by atoms with Gasteiger partial charge in [0.1, 0.15) is 11.6 Å². The highest BCUT2D eigenvalue weighted by Crippen LogP contribution is 2.14. The maximum absolute atomic E-state index is 5.64. The Labute approximate surface area is 104 Å². The van der Waals surface area contributed by atoms with Gasteiger partial charge < -0.3 is 10.1 Å². The molecule has 17 heavy (non-hydrogen) atoms. The maximum atomic E-state index is 5.64. The van der Waals surface area contributed by atoms with E-state index in [0.29, 0.717) is 18.4 Å². The molecule has 4 heteroatoms. The van der Waals surface area contributed by atoms with E-state index in [9.17, 15) is 0 Å². The van der Waals surface area contributed by atoms with Crippen LogP contribution in [0.4, 0.5) is 5.82 Å². The van der Waals surface area contributed by atoms with Gasteiger partial charge in [0.2, 0.25) is 5.88 Å². The number of aromatic nitrogens is 2. The number of hydrogen-bond acceptors (Lipinski definition) is 4. The molecular formula is C13H23N3O. The van der Waals surface area contributed by atoms with Crippen LogP contribution in [-0.4, -0.2) is 23.1 Å². The zero-order valence-corrected chi connectivity index (χ0v) is 11.3. The predicted molar refractivity (Wildman–Crippen MR) is 70.5 cm³/mol. The van der Waals surface area contributed by atoms with E-state index in [2.05, 4.69) is 36.1 Å². The van der Waals surface area contributed by atoms with Crippen molar-refractivity contribution in [3.8, 4) is 5.88 Å². The molecule has 0 fully saturated rings. The first-order valence-corrected chi connectivity index (χ1v) is 6.40. The van der Waals surface area contributed by atoms with Gasteiger partial charge in [0.05, 0.1) is 6.61 Å². The van der Waals surface area contributed by atoms with Crippen LogP contribution in [0.1, 0.15) is 39.9 Å². The smallest absolute Gasteiger partial charge is 0.218 e. The van der Waals surface area contributed by atoms with Gasteiger partial charge in [-0.2, -0.15) is 4.98 Å². The van der Waals surface area contributed by atoms with Crippen molar-refractivity contribution in [2.24, 2.45) is 5.92 Å². The molecule has 0 spiro atoms. The van der Waals surface area contributed by atoms with Gasteiger partial charge in [0.15, 0.2) is 0 Å². The van der Waals surface area contributed by atoms with Gasteiger partial charge in [0.25, 0.3) is 0 Å². The zero-order chi connectivity index (χ0) is 12.7. The molecule has 0 saturated carbocycles. The predicted octanol–water partition coefficient (Wildman–Crippen LogP) is 2.90. The SMILES string of the molecule is CCCNc1cc(OCC(C)C)nc(CC)n1. The Kier molecular flexibility index (Phi) is 5.73. The number of aryl methyl sites for hydroxylation is 1. The van der Waals surface area contributed by atoms with Crippen molar-refractivity contribution in [3.63, 3.8) is 0 Å². The lowest BCUT2D eigenvalue weighted by Gasteiger charge is -2.11. The summed E-state index contributed by atoms with van der Waals surface area (Å²) in [6, 6.07) is 1.87. The van der Waals surface area contributed by atoms with E-state index in [0.717, 1.165) is 31.0 Å². The molecule has 1 heterocycles. The van der Waals surface area contributed by atoms with Gasteiger partial charge in [-0.1, -0.05) is 27.7 Å². The molecule has 1 rings (SSSR count). The molecule has 0 bridgehead atoms. The van der Waals surface area contributed by atoms with Crippen LogP contribution in [0.5, 0.6) is 5.88 Å². The molecule has 96 valence electrons. The first kappa shape index (κ1) is 13.7. The number of rotatable bonds is 7. The summed E-state index contributed by atoms with van der Waals surface area (Å²) in [5.41, 5.74) is 0. The fraction of sp³-hybridized carbons (Fsp3) is 0.692. The second-order valence-corrected chi connectivity index (χ2v) is 4.49. The lowest BCUT2D eigenvalue weighted by molar-refractivity contribution is 0.260. The number of ether oxygens (including phenoxy) is 1. The van der Waals surface area contributed by atoms with Crippen LogP contribution in [0.2, 0.25) is 0 Å². The summed E-state index contributed by atoms with van der Waals surface area (Å²) < 4.78 is 5.64. The minimum atomic E-state index is 0.502. The fourth-order valence-electron chi connectivity index (χ4n) is 1.30. The highest BCUT2D eigenvalue weighted by Gasteiger charge is 2.05. The van der Waals surface area contributed by atoms with Gasteiger partial charge >= 0.3 is 0 Å². The molecule has 0 atom stereocenters. The summed E-state index contributed by atoms with van der Waals surface area (Å²) in [6.45, 7) is 10.0. The lowest BCUT2D eigenvalue weighted by Crippen LogP contribution is -2.09. The highest BCUT2D eigenvalue weighted by molar-refractivity contribution is 5.38. The van der Waals surface area contributed by atoms with Crippen LogP contribution in [0.3, 0.4) is 0 Å². The zero-order valence-electron chi connectivity index (χ0n) is 11.3. The van der Waals surface area contributed by atoms with Crippen molar-refractivity contribution in [1.29, 1.82) is 0 Å². The minimum Gasteiger partial charge on any atom is -0.477 e. The Morgan fingerprint density at radius 1 is 1.29 bits per heavy atom. The van der Waals surface area contributed by atoms with Crippen LogP contribution >= 0.6 is 0 Å². The third-order valence-electron chi connectivity index (χ3n) is 2.19. The van der Waals surface area contributed by atoms with Crippen molar-refractivity contribution in [1.82, 2.24) is 9.97 Å². The Morgan fingerprint density at radius 3 is 2.65 bits per heavy atom. The molecule has 0 radical (unpaired) electrons. The van der Waals surface area contributed by atoms with E-state index in [-0.39, 0.29) is 0 Å². The monoisotopic (exact) mass is 237 g/mol. The quantitative estimate of drug-likeness (QED) is 0.792. The van der Waals surface area contributed by atoms with Crippen molar-refractivity contribution in [3.05, 3.63) is 11.9 Å². The van der Waals surface area contributed by atoms with Gasteiger partial charge in [-0.05, 0) is 12.3 Å². The van der Waals surface area contributed by atoms with Gasteiger partial charge in [0, 0.05) is 19.0 Å². The average molecular weight is 237 g/mol. The second-order valence-electron chi connectivity index (χ2n) is 4.49. The van der Waals surface area contributed by atoms with Crippen molar-refractivity contribution < 1.29 is 4.74 Å². The minimum absolute atomic E-state index is 0.502. The van der Waals surface area contributed by atoms with E-state index in [4.69, 9.17) is 4.74 Å². The van der Waals surface area contributed by atoms with E-state index < -0.39 is 0 Å². The molecule has 0 unspecified atom stereocenters. The van der Waals surface area contributed by atoms with Gasteiger partial charge in [-0.3, -0.25) is 0 Å². The number of hydrogen-bond donors (Lipinski definition) is 1. The van der Waals surface area contributed by atoms with Crippen LogP contribution in [0, 0.1) is 5.92 Å². The molecule has 4 nitrogen and oxygen atoms in total. The molecule has 0 aliphatic rings. The van der Waals surface area contributed by atoms with Crippen LogP contribution in [0.25, 0.3) is 0 Å². The van der Waals surface area contributed by atoms with Crippen LogP contribution < -0.4 is 10.1 Å². The number of nitrogens with one attached hydrogen (secondary N) is 1. The molecule has 1 aromatic rings. The van der Waals surface area contributed by atoms with Gasteiger partial charge in [-0.15, -0.1) is 0 Å². The normalized spacial score (nSPS) is 10.6. The average Bonchev–Trinajstić information content (AvgIpc) is 2.33. The summed E-state index contributed by atoms with van der Waals surface area (Å²) in [5, 5.41) is 3.27. The van der Waals surface area contributed by atoms with Gasteiger partial charge in [-0.25, -0.2) is 4.98 Å². The fourth-order valence-corrected chi connectivity index (χ4v) is 1.30. The summed E-state index contributed by atoms with van der Waals surface area (Å²) in [7, 11) is 0. The molecule has 0 amide bonds. The highest BCUT2D eigenvalue weighted by atomic mass is 16.5. The van der Waals surface area contributed by atoms with E-state index >= 15 is 0 Å². The summed E-state index contributed by atoms with van der Waals surface area (Å²) in [4.78, 5) is 8.77. The van der Waals surface area contributed by atoms with E-state index in [1.54, 1.807) is 0 Å². The van der Waals surface area contributed by atoms with Crippen LogP contribution in [0.15, 0.2) is 6.07 Å². The number of anilines is 1. The Bertz CT molecular complexity index is 339. The maximum Gasteiger partial charge on any atom is 0.218 e. The molecule has 0 aliphatic carbocycles. The summed E-state index contributed by atoms with van der Waals surface area (Å²) in [6.07, 6.45) is 1.90. The Morgan fingerprint density at radius 2 is 2.06 bits per heavy atom. The number of nitrogens with zero attached hydrogens (tertiary/aromatic N) is 2. The second kappa shape index (κ2) is 7.09. The Balaban J connectivity index is 2.73. The van der Waals surface area contributed by atoms with Crippen molar-refractivity contribution >= 4 is 5.82 Å². The van der Waals surface area contributed by atoms with E-state index in [1.807, 2.05) is 13.0 Å².